The topological polar surface area (TPSA) is 112 Å². The third-order valence-corrected chi connectivity index (χ3v) is 3.35. The van der Waals surface area contributed by atoms with Crippen molar-refractivity contribution in [3.05, 3.63) is 34.4 Å². The Morgan fingerprint density at radius 1 is 1.18 bits per heavy atom. The van der Waals surface area contributed by atoms with E-state index in [4.69, 9.17) is 4.42 Å². The molecule has 1 heterocycles. The van der Waals surface area contributed by atoms with Crippen molar-refractivity contribution in [1.82, 2.24) is 5.32 Å². The molecule has 8 heteroatoms. The molecule has 1 aromatic heterocycles. The molecule has 8 nitrogen and oxygen atoms in total. The van der Waals surface area contributed by atoms with Gasteiger partial charge in [-0.05, 0) is 19.9 Å². The second-order valence-corrected chi connectivity index (χ2v) is 4.69. The maximum Gasteiger partial charge on any atom is 0.336 e. The molecule has 1 amide bonds. The van der Waals surface area contributed by atoms with Crippen molar-refractivity contribution in [3.8, 4) is 0 Å². The summed E-state index contributed by atoms with van der Waals surface area (Å²) in [4.78, 5) is 46.9. The number of hydrogen-bond acceptors (Lipinski definition) is 7. The molecule has 0 aliphatic carbocycles. The lowest BCUT2D eigenvalue weighted by molar-refractivity contribution is -0.169. The number of ether oxygens (including phenoxy) is 2. The fourth-order valence-electron chi connectivity index (χ4n) is 1.79. The minimum Gasteiger partial charge on any atom is -0.468 e. The zero-order valence-electron chi connectivity index (χ0n) is 12.7. The van der Waals surface area contributed by atoms with E-state index in [9.17, 15) is 19.2 Å². The summed E-state index contributed by atoms with van der Waals surface area (Å²) in [5, 5.41) is 2.42. The zero-order chi connectivity index (χ0) is 16.9. The number of rotatable bonds is 5. The minimum atomic E-state index is -1.74. The molecule has 0 aliphatic rings. The molecule has 1 aromatic rings. The van der Waals surface area contributed by atoms with Crippen LogP contribution in [0.15, 0.2) is 27.4 Å². The van der Waals surface area contributed by atoms with Crippen molar-refractivity contribution < 1.29 is 28.3 Å². The lowest BCUT2D eigenvalue weighted by Crippen LogP contribution is -2.54. The van der Waals surface area contributed by atoms with Crippen LogP contribution < -0.4 is 10.9 Å². The van der Waals surface area contributed by atoms with Crippen molar-refractivity contribution in [2.75, 3.05) is 14.2 Å². The van der Waals surface area contributed by atoms with Gasteiger partial charge in [-0.25, -0.2) is 4.79 Å². The standard InChI is InChI=1S/C14H17NO7/c1-8(14(2,12(18)20-3)13(19)21-4)15-11(17)9-6-5-7-10(16)22-9/h5-8H,1-4H3,(H,15,17). The molecule has 0 bridgehead atoms. The van der Waals surface area contributed by atoms with E-state index in [2.05, 4.69) is 14.8 Å². The van der Waals surface area contributed by atoms with Gasteiger partial charge in [0.1, 0.15) is 0 Å². The van der Waals surface area contributed by atoms with E-state index in [-0.39, 0.29) is 5.76 Å². The Morgan fingerprint density at radius 3 is 2.18 bits per heavy atom. The van der Waals surface area contributed by atoms with Crippen LogP contribution in [0.5, 0.6) is 0 Å². The summed E-state index contributed by atoms with van der Waals surface area (Å²) in [5.74, 6) is -2.70. The van der Waals surface area contributed by atoms with Gasteiger partial charge in [0.05, 0.1) is 20.3 Å². The molecule has 1 unspecified atom stereocenters. The predicted molar refractivity (Wildman–Crippen MR) is 74.0 cm³/mol. The SMILES string of the molecule is COC(=O)C(C)(C(=O)OC)C(C)NC(=O)c1cccc(=O)o1. The first-order chi connectivity index (χ1) is 10.3. The maximum atomic E-state index is 12.0. The molecule has 22 heavy (non-hydrogen) atoms. The van der Waals surface area contributed by atoms with Crippen LogP contribution in [0, 0.1) is 5.41 Å². The van der Waals surface area contributed by atoms with Gasteiger partial charge in [0.25, 0.3) is 5.91 Å². The fourth-order valence-corrected chi connectivity index (χ4v) is 1.79. The van der Waals surface area contributed by atoms with Gasteiger partial charge >= 0.3 is 17.6 Å². The Bertz CT molecular complexity index is 618. The molecule has 0 aliphatic heterocycles. The third kappa shape index (κ3) is 3.33. The van der Waals surface area contributed by atoms with E-state index in [0.717, 1.165) is 20.3 Å². The number of esters is 2. The Labute approximate surface area is 126 Å². The Morgan fingerprint density at radius 2 is 1.73 bits per heavy atom. The van der Waals surface area contributed by atoms with Crippen LogP contribution in [0.25, 0.3) is 0 Å². The van der Waals surface area contributed by atoms with Gasteiger partial charge < -0.3 is 19.2 Å². The molecular formula is C14H17NO7. The summed E-state index contributed by atoms with van der Waals surface area (Å²) in [6.45, 7) is 2.73. The summed E-state index contributed by atoms with van der Waals surface area (Å²) in [6, 6.07) is 2.82. The Hall–Kier alpha value is -2.64. The quantitative estimate of drug-likeness (QED) is 0.606. The van der Waals surface area contributed by atoms with E-state index in [1.807, 2.05) is 0 Å². The first kappa shape index (κ1) is 17.4. The van der Waals surface area contributed by atoms with E-state index in [1.165, 1.54) is 26.0 Å². The number of nitrogens with one attached hydrogen (secondary N) is 1. The highest BCUT2D eigenvalue weighted by molar-refractivity contribution is 6.01. The van der Waals surface area contributed by atoms with Crippen LogP contribution >= 0.6 is 0 Å². The number of amides is 1. The molecular weight excluding hydrogens is 294 g/mol. The highest BCUT2D eigenvalue weighted by Crippen LogP contribution is 2.25. The van der Waals surface area contributed by atoms with Crippen molar-refractivity contribution in [2.45, 2.75) is 19.9 Å². The van der Waals surface area contributed by atoms with E-state index >= 15 is 0 Å². The van der Waals surface area contributed by atoms with Gasteiger partial charge in [-0.15, -0.1) is 0 Å². The van der Waals surface area contributed by atoms with Gasteiger partial charge in [-0.1, -0.05) is 6.07 Å². The van der Waals surface area contributed by atoms with E-state index < -0.39 is 34.9 Å². The average Bonchev–Trinajstić information content (AvgIpc) is 2.52. The summed E-state index contributed by atoms with van der Waals surface area (Å²) < 4.78 is 13.9. The first-order valence-corrected chi connectivity index (χ1v) is 6.35. The lowest BCUT2D eigenvalue weighted by Gasteiger charge is -2.30. The van der Waals surface area contributed by atoms with Gasteiger partial charge in [0.2, 0.25) is 0 Å². The van der Waals surface area contributed by atoms with Crippen molar-refractivity contribution in [3.63, 3.8) is 0 Å². The Kier molecular flexibility index (Phi) is 5.44. The molecule has 0 fully saturated rings. The van der Waals surface area contributed by atoms with Crippen LogP contribution in [0.4, 0.5) is 0 Å². The molecule has 0 radical (unpaired) electrons. The van der Waals surface area contributed by atoms with Crippen molar-refractivity contribution in [1.29, 1.82) is 0 Å². The summed E-state index contributed by atoms with van der Waals surface area (Å²) >= 11 is 0. The number of hydrogen-bond donors (Lipinski definition) is 1. The Balaban J connectivity index is 3.04. The van der Waals surface area contributed by atoms with Crippen LogP contribution in [0.1, 0.15) is 24.4 Å². The van der Waals surface area contributed by atoms with Gasteiger partial charge in [-0.2, -0.15) is 0 Å². The molecule has 0 saturated carbocycles. The third-order valence-electron chi connectivity index (χ3n) is 3.35. The molecule has 0 saturated heterocycles. The van der Waals surface area contributed by atoms with Crippen LogP contribution in [0.3, 0.4) is 0 Å². The minimum absolute atomic E-state index is 0.239. The summed E-state index contributed by atoms with van der Waals surface area (Å²) in [6.07, 6.45) is 0. The number of carbonyl (C=O) groups excluding carboxylic acids is 3. The average molecular weight is 311 g/mol. The van der Waals surface area contributed by atoms with Crippen LogP contribution in [0.2, 0.25) is 0 Å². The van der Waals surface area contributed by atoms with Crippen molar-refractivity contribution >= 4 is 17.8 Å². The second kappa shape index (κ2) is 6.88. The molecule has 1 atom stereocenters. The fraction of sp³-hybridized carbons (Fsp3) is 0.429. The van der Waals surface area contributed by atoms with E-state index in [1.54, 1.807) is 0 Å². The van der Waals surface area contributed by atoms with Crippen LogP contribution in [-0.4, -0.2) is 38.1 Å². The molecule has 120 valence electrons. The molecule has 1 rings (SSSR count). The van der Waals surface area contributed by atoms with Crippen LogP contribution in [-0.2, 0) is 19.1 Å². The highest BCUT2D eigenvalue weighted by Gasteiger charge is 2.49. The summed E-state index contributed by atoms with van der Waals surface area (Å²) in [7, 11) is 2.24. The largest absolute Gasteiger partial charge is 0.468 e. The monoisotopic (exact) mass is 311 g/mol. The normalized spacial score (nSPS) is 12.2. The van der Waals surface area contributed by atoms with Gasteiger partial charge in [0.15, 0.2) is 11.2 Å². The maximum absolute atomic E-state index is 12.0. The molecule has 0 aromatic carbocycles. The van der Waals surface area contributed by atoms with Gasteiger partial charge in [0, 0.05) is 6.07 Å². The zero-order valence-corrected chi connectivity index (χ0v) is 12.7. The predicted octanol–water partition coefficient (Wildman–Crippen LogP) is 0.110. The number of carbonyl (C=O) groups is 3. The summed E-state index contributed by atoms with van der Waals surface area (Å²) in [5.41, 5.74) is -2.43. The van der Waals surface area contributed by atoms with Crippen molar-refractivity contribution in [2.24, 2.45) is 5.41 Å². The van der Waals surface area contributed by atoms with Gasteiger partial charge in [-0.3, -0.25) is 14.4 Å². The smallest absolute Gasteiger partial charge is 0.336 e. The first-order valence-electron chi connectivity index (χ1n) is 6.35. The van der Waals surface area contributed by atoms with E-state index in [0.29, 0.717) is 0 Å². The lowest BCUT2D eigenvalue weighted by atomic mass is 9.83. The molecule has 1 N–H and O–H groups in total. The second-order valence-electron chi connectivity index (χ2n) is 4.69. The number of methoxy groups -OCH3 is 2. The highest BCUT2D eigenvalue weighted by atomic mass is 16.5. The molecule has 0 spiro atoms.